The number of rotatable bonds is 5. The van der Waals surface area contributed by atoms with Crippen molar-refractivity contribution in [2.75, 3.05) is 14.2 Å². The van der Waals surface area contributed by atoms with Crippen molar-refractivity contribution in [2.45, 2.75) is 0 Å². The van der Waals surface area contributed by atoms with E-state index >= 15 is 0 Å². The first-order valence-electron chi connectivity index (χ1n) is 6.78. The van der Waals surface area contributed by atoms with Crippen molar-refractivity contribution in [3.8, 4) is 17.6 Å². The molecule has 0 saturated heterocycles. The number of nitriles is 1. The summed E-state index contributed by atoms with van der Waals surface area (Å²) in [4.78, 5) is 10.4. The predicted molar refractivity (Wildman–Crippen MR) is 91.1 cm³/mol. The normalized spacial score (nSPS) is 10.8. The van der Waals surface area contributed by atoms with Crippen LogP contribution in [0, 0.1) is 21.4 Å². The summed E-state index contributed by atoms with van der Waals surface area (Å²) in [5.41, 5.74) is 1.24. The maximum atomic E-state index is 10.9. The fourth-order valence-electron chi connectivity index (χ4n) is 2.16. The van der Waals surface area contributed by atoms with Gasteiger partial charge in [0.05, 0.1) is 35.8 Å². The maximum Gasteiger partial charge on any atom is 0.270 e. The molecular formula is C17H13ClN2O4. The molecular weight excluding hydrogens is 332 g/mol. The van der Waals surface area contributed by atoms with Crippen molar-refractivity contribution in [3.05, 3.63) is 62.7 Å². The lowest BCUT2D eigenvalue weighted by atomic mass is 10.0. The number of hydrogen-bond donors (Lipinski definition) is 0. The molecule has 0 atom stereocenters. The number of methoxy groups -OCH3 is 2. The van der Waals surface area contributed by atoms with Gasteiger partial charge in [-0.05, 0) is 29.3 Å². The Morgan fingerprint density at radius 2 is 2.04 bits per heavy atom. The lowest BCUT2D eigenvalue weighted by Crippen LogP contribution is -1.93. The molecule has 0 aliphatic heterocycles. The van der Waals surface area contributed by atoms with E-state index in [1.54, 1.807) is 24.3 Å². The van der Waals surface area contributed by atoms with Crippen molar-refractivity contribution >= 4 is 28.9 Å². The summed E-state index contributed by atoms with van der Waals surface area (Å²) >= 11 is 6.15. The maximum absolute atomic E-state index is 10.9. The molecule has 0 aromatic heterocycles. The van der Waals surface area contributed by atoms with E-state index in [-0.39, 0.29) is 11.3 Å². The molecule has 122 valence electrons. The molecule has 7 heteroatoms. The summed E-state index contributed by atoms with van der Waals surface area (Å²) in [5, 5.41) is 20.6. The highest BCUT2D eigenvalue weighted by molar-refractivity contribution is 6.32. The van der Waals surface area contributed by atoms with E-state index in [2.05, 4.69) is 0 Å². The Balaban J connectivity index is 2.52. The number of allylic oxidation sites excluding steroid dienone is 1. The molecule has 0 N–H and O–H groups in total. The number of nitro groups is 1. The summed E-state index contributed by atoms with van der Waals surface area (Å²) in [6.45, 7) is 0. The monoisotopic (exact) mass is 344 g/mol. The van der Waals surface area contributed by atoms with Gasteiger partial charge in [0.25, 0.3) is 5.69 Å². The number of ether oxygens (including phenoxy) is 2. The number of non-ortho nitro benzene ring substituents is 1. The van der Waals surface area contributed by atoms with Gasteiger partial charge in [-0.2, -0.15) is 5.26 Å². The molecule has 0 aliphatic rings. The Morgan fingerprint density at radius 1 is 1.29 bits per heavy atom. The molecule has 0 aliphatic carbocycles. The Bertz CT molecular complexity index is 856. The molecule has 6 nitrogen and oxygen atoms in total. The van der Waals surface area contributed by atoms with Crippen LogP contribution in [0.1, 0.15) is 11.1 Å². The average molecular weight is 345 g/mol. The molecule has 0 heterocycles. The minimum atomic E-state index is -0.508. The molecule has 0 fully saturated rings. The van der Waals surface area contributed by atoms with Gasteiger partial charge in [-0.15, -0.1) is 0 Å². The second-order valence-corrected chi connectivity index (χ2v) is 5.12. The van der Waals surface area contributed by atoms with Crippen molar-refractivity contribution in [1.29, 1.82) is 5.26 Å². The Hall–Kier alpha value is -3.04. The Labute approximate surface area is 143 Å². The number of hydrogen-bond acceptors (Lipinski definition) is 5. The molecule has 0 bridgehead atoms. The summed E-state index contributed by atoms with van der Waals surface area (Å²) in [6, 6.07) is 11.2. The van der Waals surface area contributed by atoms with E-state index in [9.17, 15) is 15.4 Å². The molecule has 2 rings (SSSR count). The lowest BCUT2D eigenvalue weighted by molar-refractivity contribution is -0.384. The molecule has 24 heavy (non-hydrogen) atoms. The van der Waals surface area contributed by atoms with Crippen LogP contribution >= 0.6 is 11.6 Å². The van der Waals surface area contributed by atoms with Crippen molar-refractivity contribution in [1.82, 2.24) is 0 Å². The van der Waals surface area contributed by atoms with Gasteiger partial charge in [-0.25, -0.2) is 0 Å². The molecule has 2 aromatic carbocycles. The van der Waals surface area contributed by atoms with Crippen LogP contribution in [0.25, 0.3) is 11.6 Å². The third-order valence-electron chi connectivity index (χ3n) is 3.26. The van der Waals surface area contributed by atoms with Crippen molar-refractivity contribution in [3.63, 3.8) is 0 Å². The summed E-state index contributed by atoms with van der Waals surface area (Å²) in [5.74, 6) is 0.817. The zero-order valence-corrected chi connectivity index (χ0v) is 13.7. The van der Waals surface area contributed by atoms with E-state index in [1.807, 2.05) is 6.07 Å². The van der Waals surface area contributed by atoms with Crippen LogP contribution in [-0.2, 0) is 0 Å². The van der Waals surface area contributed by atoms with E-state index in [4.69, 9.17) is 21.1 Å². The minimum Gasteiger partial charge on any atom is -0.493 e. The number of nitro benzene ring substituents is 1. The SMILES string of the molecule is COc1cc(C=C(C#N)c2cccc([N+](=O)[O-])c2)cc(Cl)c1OC. The zero-order valence-electron chi connectivity index (χ0n) is 12.9. The average Bonchev–Trinajstić information content (AvgIpc) is 2.59. The van der Waals surface area contributed by atoms with Gasteiger partial charge in [0.15, 0.2) is 11.5 Å². The molecule has 0 saturated carbocycles. The van der Waals surface area contributed by atoms with Crippen LogP contribution in [0.2, 0.25) is 5.02 Å². The number of benzene rings is 2. The number of nitrogens with zero attached hydrogens (tertiary/aromatic N) is 2. The quantitative estimate of drug-likeness (QED) is 0.349. The molecule has 0 spiro atoms. The first-order valence-corrected chi connectivity index (χ1v) is 7.16. The second kappa shape index (κ2) is 7.49. The summed E-state index contributed by atoms with van der Waals surface area (Å²) in [6.07, 6.45) is 1.58. The van der Waals surface area contributed by atoms with E-state index in [0.29, 0.717) is 27.6 Å². The highest BCUT2D eigenvalue weighted by atomic mass is 35.5. The fourth-order valence-corrected chi connectivity index (χ4v) is 2.45. The van der Waals surface area contributed by atoms with Gasteiger partial charge in [-0.1, -0.05) is 23.7 Å². The predicted octanol–water partition coefficient (Wildman–Crippen LogP) is 4.33. The molecule has 0 radical (unpaired) electrons. The highest BCUT2D eigenvalue weighted by Crippen LogP contribution is 2.37. The van der Waals surface area contributed by atoms with Crippen molar-refractivity contribution in [2.24, 2.45) is 0 Å². The van der Waals surface area contributed by atoms with Crippen LogP contribution in [0.4, 0.5) is 5.69 Å². The largest absolute Gasteiger partial charge is 0.493 e. The topological polar surface area (TPSA) is 85.4 Å². The van der Waals surface area contributed by atoms with Gasteiger partial charge in [0, 0.05) is 12.1 Å². The second-order valence-electron chi connectivity index (χ2n) is 4.72. The molecule has 0 amide bonds. The first kappa shape index (κ1) is 17.3. The third-order valence-corrected chi connectivity index (χ3v) is 3.54. The van der Waals surface area contributed by atoms with Gasteiger partial charge < -0.3 is 9.47 Å². The van der Waals surface area contributed by atoms with E-state index in [1.165, 1.54) is 32.4 Å². The Kier molecular flexibility index (Phi) is 5.40. The van der Waals surface area contributed by atoms with Crippen molar-refractivity contribution < 1.29 is 14.4 Å². The molecule has 0 unspecified atom stereocenters. The standard InChI is InChI=1S/C17H13ClN2O4/c1-23-16-8-11(7-15(18)17(16)24-2)6-13(10-19)12-4-3-5-14(9-12)20(21)22/h3-9H,1-2H3. The molecule has 2 aromatic rings. The highest BCUT2D eigenvalue weighted by Gasteiger charge is 2.12. The van der Waals surface area contributed by atoms with E-state index < -0.39 is 4.92 Å². The first-order chi connectivity index (χ1) is 11.5. The van der Waals surface area contributed by atoms with Gasteiger partial charge >= 0.3 is 0 Å². The van der Waals surface area contributed by atoms with Crippen LogP contribution in [0.5, 0.6) is 11.5 Å². The fraction of sp³-hybridized carbons (Fsp3) is 0.118. The Morgan fingerprint density at radius 3 is 2.62 bits per heavy atom. The third kappa shape index (κ3) is 3.65. The van der Waals surface area contributed by atoms with Gasteiger partial charge in [-0.3, -0.25) is 10.1 Å². The number of halogens is 1. The lowest BCUT2D eigenvalue weighted by Gasteiger charge is -2.10. The van der Waals surface area contributed by atoms with Gasteiger partial charge in [0.1, 0.15) is 0 Å². The summed E-state index contributed by atoms with van der Waals surface area (Å²) in [7, 11) is 2.95. The smallest absolute Gasteiger partial charge is 0.270 e. The minimum absolute atomic E-state index is 0.0843. The van der Waals surface area contributed by atoms with Crippen LogP contribution in [-0.4, -0.2) is 19.1 Å². The summed E-state index contributed by atoms with van der Waals surface area (Å²) < 4.78 is 10.4. The van der Waals surface area contributed by atoms with Crippen LogP contribution < -0.4 is 9.47 Å². The van der Waals surface area contributed by atoms with E-state index in [0.717, 1.165) is 0 Å². The van der Waals surface area contributed by atoms with Crippen LogP contribution in [0.3, 0.4) is 0 Å². The van der Waals surface area contributed by atoms with Gasteiger partial charge in [0.2, 0.25) is 0 Å². The zero-order chi connectivity index (χ0) is 17.7. The van der Waals surface area contributed by atoms with Crippen LogP contribution in [0.15, 0.2) is 36.4 Å².